The molecule has 0 aromatic carbocycles. The average molecular weight is 262 g/mol. The highest BCUT2D eigenvalue weighted by Crippen LogP contribution is 2.35. The molecule has 0 saturated heterocycles. The lowest BCUT2D eigenvalue weighted by Crippen LogP contribution is -2.46. The molecule has 1 aromatic rings. The van der Waals surface area contributed by atoms with E-state index in [0.29, 0.717) is 24.3 Å². The summed E-state index contributed by atoms with van der Waals surface area (Å²) in [5.41, 5.74) is 0.514. The van der Waals surface area contributed by atoms with Gasteiger partial charge in [-0.25, -0.2) is 0 Å². The summed E-state index contributed by atoms with van der Waals surface area (Å²) in [6.07, 6.45) is -1.12. The summed E-state index contributed by atoms with van der Waals surface area (Å²) in [5, 5.41) is 6.28. The smallest absolute Gasteiger partial charge is 0.361 e. The highest BCUT2D eigenvalue weighted by Gasteiger charge is 2.44. The van der Waals surface area contributed by atoms with E-state index in [-0.39, 0.29) is 12.5 Å². The minimum Gasteiger partial charge on any atom is -0.361 e. The van der Waals surface area contributed by atoms with Crippen LogP contribution >= 0.6 is 0 Å². The highest BCUT2D eigenvalue weighted by molar-refractivity contribution is 5.03. The van der Waals surface area contributed by atoms with Gasteiger partial charge in [-0.2, -0.15) is 13.2 Å². The average Bonchev–Trinajstić information content (AvgIpc) is 2.88. The third-order valence-corrected chi connectivity index (χ3v) is 3.40. The first kappa shape index (κ1) is 13.4. The summed E-state index contributed by atoms with van der Waals surface area (Å²) in [6, 6.07) is 0.215. The Bertz CT molecular complexity index is 383. The van der Waals surface area contributed by atoms with Gasteiger partial charge in [0.15, 0.2) is 0 Å². The van der Waals surface area contributed by atoms with Gasteiger partial charge in [-0.05, 0) is 25.7 Å². The van der Waals surface area contributed by atoms with Crippen LogP contribution in [0.1, 0.15) is 37.1 Å². The van der Waals surface area contributed by atoms with E-state index in [2.05, 4.69) is 10.5 Å². The third kappa shape index (κ3) is 3.25. The molecule has 1 saturated carbocycles. The van der Waals surface area contributed by atoms with Gasteiger partial charge >= 0.3 is 6.18 Å². The van der Waals surface area contributed by atoms with Crippen LogP contribution in [0.5, 0.6) is 0 Å². The zero-order chi connectivity index (χ0) is 13.2. The summed E-state index contributed by atoms with van der Waals surface area (Å²) in [7, 11) is 0. The van der Waals surface area contributed by atoms with E-state index >= 15 is 0 Å². The van der Waals surface area contributed by atoms with Crippen molar-refractivity contribution in [2.24, 2.45) is 5.92 Å². The van der Waals surface area contributed by atoms with Gasteiger partial charge in [-0.3, -0.25) is 0 Å². The summed E-state index contributed by atoms with van der Waals surface area (Å²) in [6.45, 7) is 1.81. The number of nitrogens with zero attached hydrogens (tertiary/aromatic N) is 1. The lowest BCUT2D eigenvalue weighted by Gasteiger charge is -2.26. The Morgan fingerprint density at radius 2 is 2.11 bits per heavy atom. The first-order chi connectivity index (χ1) is 8.47. The van der Waals surface area contributed by atoms with Crippen molar-refractivity contribution >= 4 is 0 Å². The quantitative estimate of drug-likeness (QED) is 0.905. The predicted molar refractivity (Wildman–Crippen MR) is 59.9 cm³/mol. The summed E-state index contributed by atoms with van der Waals surface area (Å²) in [5.74, 6) is 0.300. The standard InChI is InChI=1S/C12H17F3N2O/c1-8-6-10(17-18-8)7-16-11(12(13,14)15)9-4-2-3-5-9/h6,9,11,16H,2-5,7H2,1H3/t11-/m0/s1. The van der Waals surface area contributed by atoms with Crippen LogP contribution in [0.3, 0.4) is 0 Å². The summed E-state index contributed by atoms with van der Waals surface area (Å²) < 4.78 is 43.8. The molecule has 1 aromatic heterocycles. The fourth-order valence-electron chi connectivity index (χ4n) is 2.56. The van der Waals surface area contributed by atoms with E-state index in [9.17, 15) is 13.2 Å². The maximum Gasteiger partial charge on any atom is 0.404 e. The first-order valence-electron chi connectivity index (χ1n) is 6.19. The van der Waals surface area contributed by atoms with E-state index in [1.165, 1.54) is 0 Å². The van der Waals surface area contributed by atoms with Crippen LogP contribution in [0.4, 0.5) is 13.2 Å². The maximum absolute atomic E-state index is 13.0. The maximum atomic E-state index is 13.0. The number of rotatable bonds is 4. The van der Waals surface area contributed by atoms with Crippen molar-refractivity contribution in [2.75, 3.05) is 0 Å². The summed E-state index contributed by atoms with van der Waals surface area (Å²) in [4.78, 5) is 0. The topological polar surface area (TPSA) is 38.1 Å². The Balaban J connectivity index is 1.97. The second-order valence-electron chi connectivity index (χ2n) is 4.87. The molecule has 1 fully saturated rings. The van der Waals surface area contributed by atoms with Crippen molar-refractivity contribution in [3.8, 4) is 0 Å². The van der Waals surface area contributed by atoms with Gasteiger partial charge in [-0.15, -0.1) is 0 Å². The summed E-state index contributed by atoms with van der Waals surface area (Å²) >= 11 is 0. The van der Waals surface area contributed by atoms with Crippen LogP contribution in [-0.4, -0.2) is 17.4 Å². The Morgan fingerprint density at radius 1 is 1.44 bits per heavy atom. The van der Waals surface area contributed by atoms with E-state index in [4.69, 9.17) is 4.52 Å². The molecule has 1 aliphatic carbocycles. The van der Waals surface area contributed by atoms with Gasteiger partial charge < -0.3 is 9.84 Å². The number of hydrogen-bond donors (Lipinski definition) is 1. The number of halogens is 3. The second-order valence-corrected chi connectivity index (χ2v) is 4.87. The second kappa shape index (κ2) is 5.30. The first-order valence-corrected chi connectivity index (χ1v) is 6.19. The van der Waals surface area contributed by atoms with Gasteiger partial charge in [0, 0.05) is 12.6 Å². The van der Waals surface area contributed by atoms with Gasteiger partial charge in [0.25, 0.3) is 0 Å². The largest absolute Gasteiger partial charge is 0.404 e. The van der Waals surface area contributed by atoms with Crippen LogP contribution in [0.25, 0.3) is 0 Å². The molecule has 0 aliphatic heterocycles. The van der Waals surface area contributed by atoms with Crippen LogP contribution in [-0.2, 0) is 6.54 Å². The van der Waals surface area contributed by atoms with E-state index in [1.807, 2.05) is 0 Å². The van der Waals surface area contributed by atoms with Crippen molar-refractivity contribution in [1.29, 1.82) is 0 Å². The SMILES string of the molecule is Cc1cc(CN[C@@H](C2CCCC2)C(F)(F)F)no1. The van der Waals surface area contributed by atoms with Crippen LogP contribution in [0.15, 0.2) is 10.6 Å². The van der Waals surface area contributed by atoms with E-state index < -0.39 is 12.2 Å². The van der Waals surface area contributed by atoms with Crippen molar-refractivity contribution in [1.82, 2.24) is 10.5 Å². The van der Waals surface area contributed by atoms with Crippen LogP contribution < -0.4 is 5.32 Å². The molecule has 0 unspecified atom stereocenters. The Kier molecular flexibility index (Phi) is 3.94. The number of alkyl halides is 3. The normalized spacial score (nSPS) is 19.3. The Hall–Kier alpha value is -1.04. The van der Waals surface area contributed by atoms with Gasteiger partial charge in [0.2, 0.25) is 0 Å². The minimum atomic E-state index is -4.20. The molecule has 3 nitrogen and oxygen atoms in total. The lowest BCUT2D eigenvalue weighted by atomic mass is 9.97. The molecule has 18 heavy (non-hydrogen) atoms. The molecular formula is C12H17F3N2O. The molecule has 0 spiro atoms. The fourth-order valence-corrected chi connectivity index (χ4v) is 2.56. The monoisotopic (exact) mass is 262 g/mol. The van der Waals surface area contributed by atoms with Gasteiger partial charge in [-0.1, -0.05) is 18.0 Å². The minimum absolute atomic E-state index is 0.0953. The fraction of sp³-hybridized carbons (Fsp3) is 0.750. The zero-order valence-electron chi connectivity index (χ0n) is 10.3. The van der Waals surface area contributed by atoms with Gasteiger partial charge in [0.1, 0.15) is 11.8 Å². The number of nitrogens with one attached hydrogen (secondary N) is 1. The molecule has 102 valence electrons. The van der Waals surface area contributed by atoms with Gasteiger partial charge in [0.05, 0.1) is 5.69 Å². The Labute approximate surface area is 104 Å². The van der Waals surface area contributed by atoms with Crippen molar-refractivity contribution in [3.63, 3.8) is 0 Å². The molecule has 1 atom stereocenters. The van der Waals surface area contributed by atoms with Crippen LogP contribution in [0, 0.1) is 12.8 Å². The molecule has 0 radical (unpaired) electrons. The van der Waals surface area contributed by atoms with Crippen molar-refractivity contribution in [2.45, 2.75) is 51.4 Å². The van der Waals surface area contributed by atoms with Crippen LogP contribution in [0.2, 0.25) is 0 Å². The van der Waals surface area contributed by atoms with E-state index in [1.54, 1.807) is 13.0 Å². The Morgan fingerprint density at radius 3 is 2.61 bits per heavy atom. The lowest BCUT2D eigenvalue weighted by molar-refractivity contribution is -0.168. The molecule has 1 heterocycles. The van der Waals surface area contributed by atoms with E-state index in [0.717, 1.165) is 12.8 Å². The number of aryl methyl sites for hydroxylation is 1. The molecule has 1 aliphatic rings. The zero-order valence-corrected chi connectivity index (χ0v) is 10.3. The molecule has 0 bridgehead atoms. The molecule has 6 heteroatoms. The molecular weight excluding hydrogens is 245 g/mol. The third-order valence-electron chi connectivity index (χ3n) is 3.40. The highest BCUT2D eigenvalue weighted by atomic mass is 19.4. The van der Waals surface area contributed by atoms with Crippen molar-refractivity contribution < 1.29 is 17.7 Å². The predicted octanol–water partition coefficient (Wildman–Crippen LogP) is 3.19. The molecule has 1 N–H and O–H groups in total. The number of aromatic nitrogens is 1. The molecule has 2 rings (SSSR count). The number of hydrogen-bond acceptors (Lipinski definition) is 3. The molecule has 0 amide bonds. The van der Waals surface area contributed by atoms with Crippen molar-refractivity contribution in [3.05, 3.63) is 17.5 Å².